The Morgan fingerprint density at radius 1 is 1.00 bits per heavy atom. The molecule has 5 heteroatoms. The number of ether oxygens (including phenoxy) is 2. The van der Waals surface area contributed by atoms with E-state index in [1.165, 1.54) is 0 Å². The third kappa shape index (κ3) is 2.88. The molecule has 5 rings (SSSR count). The molecule has 0 aliphatic carbocycles. The van der Waals surface area contributed by atoms with Crippen molar-refractivity contribution in [2.75, 3.05) is 25.1 Å². The number of pyridine rings is 1. The van der Waals surface area contributed by atoms with Crippen molar-refractivity contribution in [1.82, 2.24) is 10.3 Å². The molecule has 0 radical (unpaired) electrons. The molecular formula is C23H23N3O2. The van der Waals surface area contributed by atoms with Crippen molar-refractivity contribution in [2.24, 2.45) is 0 Å². The lowest BCUT2D eigenvalue weighted by Crippen LogP contribution is -2.41. The van der Waals surface area contributed by atoms with Crippen LogP contribution in [0.3, 0.4) is 0 Å². The van der Waals surface area contributed by atoms with Crippen molar-refractivity contribution in [3.8, 4) is 28.4 Å². The second-order valence-electron chi connectivity index (χ2n) is 7.18. The summed E-state index contributed by atoms with van der Waals surface area (Å²) in [6, 6.07) is 17.0. The van der Waals surface area contributed by atoms with E-state index in [4.69, 9.17) is 9.47 Å². The van der Waals surface area contributed by atoms with E-state index >= 15 is 0 Å². The zero-order valence-corrected chi connectivity index (χ0v) is 15.9. The molecule has 5 nitrogen and oxygen atoms in total. The maximum atomic E-state index is 6.38. The number of anilines is 2. The van der Waals surface area contributed by atoms with Gasteiger partial charge in [-0.15, -0.1) is 0 Å². The lowest BCUT2D eigenvalue weighted by Gasteiger charge is -2.40. The Hall–Kier alpha value is -3.05. The fraction of sp³-hybridized carbons (Fsp3) is 0.261. The summed E-state index contributed by atoms with van der Waals surface area (Å²) >= 11 is 0. The number of hydrogen-bond donors (Lipinski definition) is 1. The Morgan fingerprint density at radius 2 is 1.82 bits per heavy atom. The van der Waals surface area contributed by atoms with Gasteiger partial charge in [-0.25, -0.2) is 0 Å². The van der Waals surface area contributed by atoms with Crippen molar-refractivity contribution >= 4 is 11.4 Å². The molecule has 3 aromatic rings. The molecule has 0 atom stereocenters. The highest BCUT2D eigenvalue weighted by Crippen LogP contribution is 2.52. The molecule has 0 amide bonds. The number of rotatable bonds is 3. The van der Waals surface area contributed by atoms with Gasteiger partial charge >= 0.3 is 0 Å². The molecule has 1 aromatic heterocycles. The fourth-order valence-electron chi connectivity index (χ4n) is 4.17. The summed E-state index contributed by atoms with van der Waals surface area (Å²) in [7, 11) is 1.69. The first-order chi connectivity index (χ1) is 13.8. The molecular weight excluding hydrogens is 350 g/mol. The largest absolute Gasteiger partial charge is 0.493 e. The number of fused-ring (bicyclic) bond motifs is 2. The number of aromatic nitrogens is 1. The monoisotopic (exact) mass is 373 g/mol. The smallest absolute Gasteiger partial charge is 0.192 e. The Kier molecular flexibility index (Phi) is 4.37. The topological polar surface area (TPSA) is 46.6 Å². The molecule has 1 N–H and O–H groups in total. The van der Waals surface area contributed by atoms with Crippen molar-refractivity contribution in [3.63, 3.8) is 0 Å². The summed E-state index contributed by atoms with van der Waals surface area (Å²) in [6.45, 7) is 2.07. The van der Waals surface area contributed by atoms with Crippen LogP contribution in [0, 0.1) is 0 Å². The molecule has 1 saturated heterocycles. The van der Waals surface area contributed by atoms with Gasteiger partial charge in [0, 0.05) is 18.4 Å². The molecule has 2 aliphatic rings. The average Bonchev–Trinajstić information content (AvgIpc) is 2.78. The van der Waals surface area contributed by atoms with Crippen molar-refractivity contribution in [2.45, 2.75) is 18.9 Å². The summed E-state index contributed by atoms with van der Waals surface area (Å²) in [6.07, 6.45) is 5.83. The van der Waals surface area contributed by atoms with Crippen LogP contribution in [0.15, 0.2) is 60.9 Å². The number of piperidine rings is 1. The first-order valence-corrected chi connectivity index (χ1v) is 9.74. The number of benzene rings is 2. The predicted octanol–water partition coefficient (Wildman–Crippen LogP) is 4.75. The Balaban J connectivity index is 1.64. The van der Waals surface area contributed by atoms with Gasteiger partial charge < -0.3 is 19.7 Å². The fourth-order valence-corrected chi connectivity index (χ4v) is 4.17. The quantitative estimate of drug-likeness (QED) is 0.718. The molecule has 0 bridgehead atoms. The van der Waals surface area contributed by atoms with Gasteiger partial charge in [0.2, 0.25) is 0 Å². The Labute approximate surface area is 164 Å². The lowest BCUT2D eigenvalue weighted by atomic mass is 9.99. The van der Waals surface area contributed by atoms with Crippen molar-refractivity contribution in [3.05, 3.63) is 60.9 Å². The maximum absolute atomic E-state index is 6.38. The highest BCUT2D eigenvalue weighted by molar-refractivity contribution is 5.83. The van der Waals surface area contributed by atoms with Crippen LogP contribution < -0.4 is 19.7 Å². The standard InChI is InChI=1S/C23H23N3O2/c1-27-21-4-2-3-20-23(21)28-22-15-17(16-7-11-24-12-8-16)5-6-19(22)26(20)18-9-13-25-14-10-18/h2-8,11-12,15,18,25H,9-10,13-14H2,1H3. The van der Waals surface area contributed by atoms with Crippen LogP contribution in [0.25, 0.3) is 11.1 Å². The molecule has 0 unspecified atom stereocenters. The summed E-state index contributed by atoms with van der Waals surface area (Å²) < 4.78 is 12.0. The summed E-state index contributed by atoms with van der Waals surface area (Å²) in [5, 5.41) is 3.47. The van der Waals surface area contributed by atoms with E-state index in [0.29, 0.717) is 6.04 Å². The third-order valence-electron chi connectivity index (χ3n) is 5.56. The molecule has 2 aliphatic heterocycles. The van der Waals surface area contributed by atoms with E-state index in [1.807, 2.05) is 36.7 Å². The van der Waals surface area contributed by atoms with Crippen LogP contribution in [-0.4, -0.2) is 31.2 Å². The van der Waals surface area contributed by atoms with E-state index in [1.54, 1.807) is 7.11 Å². The first kappa shape index (κ1) is 17.1. The van der Waals surface area contributed by atoms with Gasteiger partial charge in [-0.2, -0.15) is 0 Å². The molecule has 0 spiro atoms. The van der Waals surface area contributed by atoms with Crippen LogP contribution in [0.5, 0.6) is 17.2 Å². The average molecular weight is 373 g/mol. The van der Waals surface area contributed by atoms with Gasteiger partial charge in [-0.1, -0.05) is 12.1 Å². The second-order valence-corrected chi connectivity index (χ2v) is 7.18. The number of methoxy groups -OCH3 is 1. The van der Waals surface area contributed by atoms with Gasteiger partial charge in [0.25, 0.3) is 0 Å². The minimum atomic E-state index is 0.432. The van der Waals surface area contributed by atoms with Gasteiger partial charge in [0.15, 0.2) is 17.2 Å². The van der Waals surface area contributed by atoms with E-state index in [-0.39, 0.29) is 0 Å². The Morgan fingerprint density at radius 3 is 2.61 bits per heavy atom. The first-order valence-electron chi connectivity index (χ1n) is 9.74. The van der Waals surface area contributed by atoms with Crippen molar-refractivity contribution in [1.29, 1.82) is 0 Å². The molecule has 1 fully saturated rings. The van der Waals surface area contributed by atoms with E-state index in [9.17, 15) is 0 Å². The van der Waals surface area contributed by atoms with Crippen LogP contribution >= 0.6 is 0 Å². The van der Waals surface area contributed by atoms with Crippen LogP contribution in [0.2, 0.25) is 0 Å². The zero-order valence-electron chi connectivity index (χ0n) is 15.9. The summed E-state index contributed by atoms with van der Waals surface area (Å²) in [4.78, 5) is 6.56. The maximum Gasteiger partial charge on any atom is 0.192 e. The number of nitrogens with one attached hydrogen (secondary N) is 1. The highest BCUT2D eigenvalue weighted by Gasteiger charge is 2.32. The summed E-state index contributed by atoms with van der Waals surface area (Å²) in [5.41, 5.74) is 4.44. The van der Waals surface area contributed by atoms with Gasteiger partial charge in [-0.05, 0) is 73.5 Å². The van der Waals surface area contributed by atoms with E-state index < -0.39 is 0 Å². The van der Waals surface area contributed by atoms with Crippen LogP contribution in [-0.2, 0) is 0 Å². The Bertz CT molecular complexity index is 984. The minimum Gasteiger partial charge on any atom is -0.493 e. The molecule has 142 valence electrons. The predicted molar refractivity (Wildman–Crippen MR) is 111 cm³/mol. The van der Waals surface area contributed by atoms with Gasteiger partial charge in [0.05, 0.1) is 18.5 Å². The van der Waals surface area contributed by atoms with Gasteiger partial charge in [-0.3, -0.25) is 4.98 Å². The number of hydrogen-bond acceptors (Lipinski definition) is 5. The summed E-state index contributed by atoms with van der Waals surface area (Å²) in [5.74, 6) is 2.42. The zero-order chi connectivity index (χ0) is 18.9. The lowest BCUT2D eigenvalue weighted by molar-refractivity contribution is 0.371. The van der Waals surface area contributed by atoms with Gasteiger partial charge in [0.1, 0.15) is 0 Å². The number of nitrogens with zero attached hydrogens (tertiary/aromatic N) is 2. The second kappa shape index (κ2) is 7.17. The van der Waals surface area contributed by atoms with E-state index in [2.05, 4.69) is 39.5 Å². The highest BCUT2D eigenvalue weighted by atomic mass is 16.5. The third-order valence-corrected chi connectivity index (χ3v) is 5.56. The molecule has 0 saturated carbocycles. The number of para-hydroxylation sites is 1. The van der Waals surface area contributed by atoms with Crippen molar-refractivity contribution < 1.29 is 9.47 Å². The molecule has 2 aromatic carbocycles. The van der Waals surface area contributed by atoms with E-state index in [0.717, 1.165) is 65.7 Å². The minimum absolute atomic E-state index is 0.432. The normalized spacial score (nSPS) is 16.1. The molecule has 3 heterocycles. The molecule has 28 heavy (non-hydrogen) atoms. The van der Waals surface area contributed by atoms with Crippen LogP contribution in [0.4, 0.5) is 11.4 Å². The SMILES string of the molecule is COc1cccc2c1Oc1cc(-c3ccncc3)ccc1N2C1CCNCC1. The van der Waals surface area contributed by atoms with Crippen LogP contribution in [0.1, 0.15) is 12.8 Å².